The van der Waals surface area contributed by atoms with Gasteiger partial charge >= 0.3 is 12.2 Å². The van der Waals surface area contributed by atoms with Crippen molar-refractivity contribution < 1.29 is 32.0 Å². The molecule has 138 valence electrons. The zero-order valence-corrected chi connectivity index (χ0v) is 13.1. The van der Waals surface area contributed by atoms with Crippen LogP contribution < -0.4 is 15.4 Å². The molecule has 0 radical (unpaired) electrons. The molecule has 0 spiro atoms. The highest BCUT2D eigenvalue weighted by Gasteiger charge is 2.31. The summed E-state index contributed by atoms with van der Waals surface area (Å²) < 4.78 is 56.5. The number of hydrogen-bond acceptors (Lipinski definition) is 4. The monoisotopic (exact) mass is 373 g/mol. The SMILES string of the molecule is COc1cc([N+](=O)[O-])ccc1NC(=O)Nc1cc(C(F)(F)F)ccc1F. The summed E-state index contributed by atoms with van der Waals surface area (Å²) in [6.45, 7) is 0. The first-order valence-corrected chi connectivity index (χ1v) is 6.89. The second kappa shape index (κ2) is 7.25. The summed E-state index contributed by atoms with van der Waals surface area (Å²) in [5, 5.41) is 14.9. The van der Waals surface area contributed by atoms with Crippen LogP contribution in [-0.4, -0.2) is 18.1 Å². The summed E-state index contributed by atoms with van der Waals surface area (Å²) in [6, 6.07) is 3.79. The Kier molecular flexibility index (Phi) is 5.29. The van der Waals surface area contributed by atoms with E-state index in [1.807, 2.05) is 5.32 Å². The predicted octanol–water partition coefficient (Wildman–Crippen LogP) is 4.41. The van der Waals surface area contributed by atoms with E-state index in [0.29, 0.717) is 18.2 Å². The third kappa shape index (κ3) is 4.37. The van der Waals surface area contributed by atoms with Crippen molar-refractivity contribution in [2.75, 3.05) is 17.7 Å². The normalized spacial score (nSPS) is 11.0. The molecule has 0 aromatic heterocycles. The molecule has 0 aliphatic rings. The number of anilines is 2. The van der Waals surface area contributed by atoms with Crippen molar-refractivity contribution >= 4 is 23.1 Å². The molecule has 2 amide bonds. The van der Waals surface area contributed by atoms with Crippen molar-refractivity contribution in [3.63, 3.8) is 0 Å². The molecule has 0 bridgehead atoms. The number of methoxy groups -OCH3 is 1. The number of hydrogen-bond donors (Lipinski definition) is 2. The van der Waals surface area contributed by atoms with E-state index in [4.69, 9.17) is 4.74 Å². The van der Waals surface area contributed by atoms with Gasteiger partial charge in [0, 0.05) is 6.07 Å². The number of carbonyl (C=O) groups excluding carboxylic acids is 1. The zero-order valence-electron chi connectivity index (χ0n) is 13.1. The Labute approximate surface area is 143 Å². The van der Waals surface area contributed by atoms with Crippen LogP contribution in [0.15, 0.2) is 36.4 Å². The summed E-state index contributed by atoms with van der Waals surface area (Å²) >= 11 is 0. The van der Waals surface area contributed by atoms with Gasteiger partial charge in [0.25, 0.3) is 5.69 Å². The first-order chi connectivity index (χ1) is 12.1. The lowest BCUT2D eigenvalue weighted by Gasteiger charge is -2.13. The van der Waals surface area contributed by atoms with Gasteiger partial charge in [0.2, 0.25) is 0 Å². The number of nitrogens with zero attached hydrogens (tertiary/aromatic N) is 1. The number of nitrogens with one attached hydrogen (secondary N) is 2. The molecule has 11 heteroatoms. The molecule has 2 N–H and O–H groups in total. The quantitative estimate of drug-likeness (QED) is 0.472. The van der Waals surface area contributed by atoms with Crippen molar-refractivity contribution in [3.8, 4) is 5.75 Å². The number of non-ortho nitro benzene ring substituents is 1. The van der Waals surface area contributed by atoms with Gasteiger partial charge < -0.3 is 15.4 Å². The fraction of sp³-hybridized carbons (Fsp3) is 0.133. The Morgan fingerprint density at radius 2 is 1.77 bits per heavy atom. The summed E-state index contributed by atoms with van der Waals surface area (Å²) in [5.41, 5.74) is -2.11. The van der Waals surface area contributed by atoms with Gasteiger partial charge in [-0.2, -0.15) is 13.2 Å². The van der Waals surface area contributed by atoms with Gasteiger partial charge in [-0.15, -0.1) is 0 Å². The smallest absolute Gasteiger partial charge is 0.416 e. The molecule has 2 aromatic rings. The maximum Gasteiger partial charge on any atom is 0.416 e. The predicted molar refractivity (Wildman–Crippen MR) is 83.7 cm³/mol. The molecule has 0 aliphatic carbocycles. The second-order valence-electron chi connectivity index (χ2n) is 4.91. The average molecular weight is 373 g/mol. The van der Waals surface area contributed by atoms with Gasteiger partial charge in [-0.1, -0.05) is 0 Å². The van der Waals surface area contributed by atoms with Crippen molar-refractivity contribution in [2.24, 2.45) is 0 Å². The van der Waals surface area contributed by atoms with Crippen molar-refractivity contribution in [1.29, 1.82) is 0 Å². The van der Waals surface area contributed by atoms with Crippen LogP contribution >= 0.6 is 0 Å². The number of benzene rings is 2. The van der Waals surface area contributed by atoms with Gasteiger partial charge in [0.15, 0.2) is 0 Å². The number of urea groups is 1. The van der Waals surface area contributed by atoms with Crippen LogP contribution in [0.2, 0.25) is 0 Å². The molecule has 2 rings (SSSR count). The molecule has 7 nitrogen and oxygen atoms in total. The summed E-state index contributed by atoms with van der Waals surface area (Å²) in [7, 11) is 1.20. The number of rotatable bonds is 4. The largest absolute Gasteiger partial charge is 0.494 e. The Hall–Kier alpha value is -3.37. The lowest BCUT2D eigenvalue weighted by molar-refractivity contribution is -0.384. The summed E-state index contributed by atoms with van der Waals surface area (Å²) in [4.78, 5) is 22.0. The van der Waals surface area contributed by atoms with Gasteiger partial charge in [-0.3, -0.25) is 10.1 Å². The number of nitro benzene ring substituents is 1. The molecule has 0 unspecified atom stereocenters. The molecule has 0 atom stereocenters. The number of alkyl halides is 3. The highest BCUT2D eigenvalue weighted by Crippen LogP contribution is 2.32. The highest BCUT2D eigenvalue weighted by atomic mass is 19.4. The van der Waals surface area contributed by atoms with E-state index in [9.17, 15) is 32.5 Å². The van der Waals surface area contributed by atoms with Gasteiger partial charge in [0.1, 0.15) is 11.6 Å². The lowest BCUT2D eigenvalue weighted by atomic mass is 10.2. The molecule has 0 fully saturated rings. The number of amides is 2. The third-order valence-electron chi connectivity index (χ3n) is 3.19. The molecular formula is C15H11F4N3O4. The van der Waals surface area contributed by atoms with Gasteiger partial charge in [-0.25, -0.2) is 9.18 Å². The van der Waals surface area contributed by atoms with Crippen LogP contribution in [0.25, 0.3) is 0 Å². The standard InChI is InChI=1S/C15H11F4N3O4/c1-26-13-7-9(22(24)25)3-5-11(13)20-14(23)21-12-6-8(15(17,18)19)2-4-10(12)16/h2-7H,1H3,(H2,20,21,23). The number of nitro groups is 1. The first-order valence-electron chi connectivity index (χ1n) is 6.89. The second-order valence-corrected chi connectivity index (χ2v) is 4.91. The molecule has 0 saturated heterocycles. The Morgan fingerprint density at radius 1 is 1.12 bits per heavy atom. The zero-order chi connectivity index (χ0) is 19.5. The fourth-order valence-corrected chi connectivity index (χ4v) is 1.97. The first kappa shape index (κ1) is 19.0. The fourth-order valence-electron chi connectivity index (χ4n) is 1.97. The minimum Gasteiger partial charge on any atom is -0.494 e. The van der Waals surface area contributed by atoms with Crippen LogP contribution in [0.3, 0.4) is 0 Å². The number of ether oxygens (including phenoxy) is 1. The molecule has 26 heavy (non-hydrogen) atoms. The van der Waals surface area contributed by atoms with E-state index in [1.54, 1.807) is 0 Å². The molecular weight excluding hydrogens is 362 g/mol. The van der Waals surface area contributed by atoms with Crippen molar-refractivity contribution in [2.45, 2.75) is 6.18 Å². The number of halogens is 4. The average Bonchev–Trinajstić information content (AvgIpc) is 2.55. The van der Waals surface area contributed by atoms with E-state index >= 15 is 0 Å². The van der Waals surface area contributed by atoms with Crippen LogP contribution in [-0.2, 0) is 6.18 Å². The van der Waals surface area contributed by atoms with Crippen LogP contribution in [0.4, 0.5) is 39.4 Å². The summed E-state index contributed by atoms with van der Waals surface area (Å²) in [5.74, 6) is -1.12. The van der Waals surface area contributed by atoms with Gasteiger partial charge in [0.05, 0.1) is 35.0 Å². The minimum absolute atomic E-state index is 0.00276. The topological polar surface area (TPSA) is 93.5 Å². The molecule has 0 saturated carbocycles. The van der Waals surface area contributed by atoms with Gasteiger partial charge in [-0.05, 0) is 24.3 Å². The summed E-state index contributed by atoms with van der Waals surface area (Å²) in [6.07, 6.45) is -4.71. The Balaban J connectivity index is 2.20. The van der Waals surface area contributed by atoms with E-state index in [0.717, 1.165) is 12.1 Å². The van der Waals surface area contributed by atoms with Crippen LogP contribution in [0.5, 0.6) is 5.75 Å². The Morgan fingerprint density at radius 3 is 2.35 bits per heavy atom. The molecule has 2 aromatic carbocycles. The molecule has 0 heterocycles. The molecule has 0 aliphatic heterocycles. The van der Waals surface area contributed by atoms with E-state index in [2.05, 4.69) is 5.32 Å². The lowest BCUT2D eigenvalue weighted by Crippen LogP contribution is -2.21. The highest BCUT2D eigenvalue weighted by molar-refractivity contribution is 6.00. The minimum atomic E-state index is -4.71. The number of carbonyl (C=O) groups is 1. The maximum atomic E-state index is 13.6. The van der Waals surface area contributed by atoms with Crippen LogP contribution in [0.1, 0.15) is 5.56 Å². The van der Waals surface area contributed by atoms with Crippen molar-refractivity contribution in [3.05, 3.63) is 57.9 Å². The van der Waals surface area contributed by atoms with Crippen LogP contribution in [0, 0.1) is 15.9 Å². The van der Waals surface area contributed by atoms with Crippen molar-refractivity contribution in [1.82, 2.24) is 0 Å². The van der Waals surface area contributed by atoms with E-state index < -0.39 is 34.2 Å². The van der Waals surface area contributed by atoms with E-state index in [-0.39, 0.29) is 17.1 Å². The maximum absolute atomic E-state index is 13.6. The third-order valence-corrected chi connectivity index (χ3v) is 3.19. The van der Waals surface area contributed by atoms with E-state index in [1.165, 1.54) is 13.2 Å². The Bertz CT molecular complexity index is 855.